The van der Waals surface area contributed by atoms with Crippen LogP contribution >= 0.6 is 11.3 Å². The van der Waals surface area contributed by atoms with Crippen LogP contribution < -0.4 is 11.1 Å². The van der Waals surface area contributed by atoms with Gasteiger partial charge in [0.05, 0.1) is 0 Å². The summed E-state index contributed by atoms with van der Waals surface area (Å²) in [5, 5.41) is 3.76. The second-order valence-electron chi connectivity index (χ2n) is 3.50. The summed E-state index contributed by atoms with van der Waals surface area (Å²) in [5.74, 6) is 0.335. The Hall–Kier alpha value is -1.88. The third-order valence-corrected chi connectivity index (χ3v) is 3.28. The first-order chi connectivity index (χ1) is 8.20. The van der Waals surface area contributed by atoms with Gasteiger partial charge in [0.1, 0.15) is 10.7 Å². The van der Waals surface area contributed by atoms with Crippen molar-refractivity contribution in [2.45, 2.75) is 13.3 Å². The largest absolute Gasteiger partial charge is 0.382 e. The predicted molar refractivity (Wildman–Crippen MR) is 70.9 cm³/mol. The topological polar surface area (TPSA) is 68.0 Å². The molecule has 88 valence electrons. The Morgan fingerprint density at radius 2 is 2.12 bits per heavy atom. The van der Waals surface area contributed by atoms with Crippen molar-refractivity contribution >= 4 is 33.8 Å². The van der Waals surface area contributed by atoms with Crippen LogP contribution in [-0.4, -0.2) is 10.8 Å². The first-order valence-corrected chi connectivity index (χ1v) is 6.14. The van der Waals surface area contributed by atoms with Crippen LogP contribution in [0.2, 0.25) is 0 Å². The first-order valence-electron chi connectivity index (χ1n) is 5.32. The van der Waals surface area contributed by atoms with Crippen LogP contribution in [0.5, 0.6) is 0 Å². The van der Waals surface area contributed by atoms with Crippen molar-refractivity contribution in [1.29, 1.82) is 0 Å². The number of aromatic nitrogens is 1. The maximum atomic E-state index is 11.6. The molecule has 0 saturated heterocycles. The number of carbonyl (C=O) groups excluding carboxylic acids is 1. The molecule has 0 bridgehead atoms. The Kier molecular flexibility index (Phi) is 3.39. The zero-order valence-corrected chi connectivity index (χ0v) is 10.3. The highest BCUT2D eigenvalue weighted by Crippen LogP contribution is 2.28. The third-order valence-electron chi connectivity index (χ3n) is 2.25. The summed E-state index contributed by atoms with van der Waals surface area (Å²) in [6.45, 7) is 1.81. The van der Waals surface area contributed by atoms with Gasteiger partial charge in [-0.15, -0.1) is 0 Å². The van der Waals surface area contributed by atoms with E-state index in [4.69, 9.17) is 5.73 Å². The van der Waals surface area contributed by atoms with Gasteiger partial charge in [-0.1, -0.05) is 36.5 Å². The molecular formula is C12H13N3OS. The molecule has 0 saturated carbocycles. The number of nitrogens with two attached hydrogens (primary N) is 1. The van der Waals surface area contributed by atoms with Crippen molar-refractivity contribution < 1.29 is 4.79 Å². The van der Waals surface area contributed by atoms with Crippen molar-refractivity contribution in [2.24, 2.45) is 0 Å². The number of benzene rings is 1. The van der Waals surface area contributed by atoms with Gasteiger partial charge < -0.3 is 11.1 Å². The van der Waals surface area contributed by atoms with E-state index < -0.39 is 0 Å². The van der Waals surface area contributed by atoms with Gasteiger partial charge in [0.15, 0.2) is 10.9 Å². The third kappa shape index (κ3) is 2.62. The molecule has 0 aliphatic heterocycles. The molecule has 1 aromatic heterocycles. The second kappa shape index (κ2) is 4.97. The maximum Gasteiger partial charge on any atom is 0.189 e. The van der Waals surface area contributed by atoms with Gasteiger partial charge in [0.25, 0.3) is 0 Å². The number of nitrogen functional groups attached to an aromatic ring is 1. The molecule has 2 aromatic rings. The molecule has 0 aliphatic carbocycles. The molecule has 1 heterocycles. The first kappa shape index (κ1) is 11.6. The Morgan fingerprint density at radius 1 is 1.41 bits per heavy atom. The number of nitrogens with zero attached hydrogens (tertiary/aromatic N) is 1. The lowest BCUT2D eigenvalue weighted by atomic mass is 10.3. The molecule has 0 unspecified atom stereocenters. The van der Waals surface area contributed by atoms with Crippen LogP contribution in [0.15, 0.2) is 30.3 Å². The molecule has 2 rings (SSSR count). The van der Waals surface area contributed by atoms with E-state index in [0.717, 1.165) is 5.69 Å². The number of nitrogens with one attached hydrogen (secondary N) is 1. The van der Waals surface area contributed by atoms with Crippen LogP contribution in [0.1, 0.15) is 23.0 Å². The van der Waals surface area contributed by atoms with E-state index in [1.165, 1.54) is 11.3 Å². The number of anilines is 3. The molecule has 0 aliphatic rings. The molecule has 0 atom stereocenters. The molecule has 17 heavy (non-hydrogen) atoms. The molecular weight excluding hydrogens is 234 g/mol. The normalized spacial score (nSPS) is 10.2. The summed E-state index contributed by atoms with van der Waals surface area (Å²) in [5.41, 5.74) is 6.64. The fourth-order valence-corrected chi connectivity index (χ4v) is 2.31. The number of hydrogen-bond acceptors (Lipinski definition) is 5. The zero-order chi connectivity index (χ0) is 12.3. The van der Waals surface area contributed by atoms with E-state index in [2.05, 4.69) is 10.3 Å². The highest BCUT2D eigenvalue weighted by Gasteiger charge is 2.14. The van der Waals surface area contributed by atoms with Crippen molar-refractivity contribution in [1.82, 2.24) is 4.98 Å². The fourth-order valence-electron chi connectivity index (χ4n) is 1.39. The van der Waals surface area contributed by atoms with Gasteiger partial charge in [-0.3, -0.25) is 4.79 Å². The van der Waals surface area contributed by atoms with Crippen LogP contribution in [0.25, 0.3) is 0 Å². The molecule has 0 radical (unpaired) electrons. The predicted octanol–water partition coefficient (Wildman–Crippen LogP) is 3.06. The molecule has 1 aromatic carbocycles. The average Bonchev–Trinajstić information content (AvgIpc) is 2.70. The number of ketones is 1. The van der Waals surface area contributed by atoms with Gasteiger partial charge >= 0.3 is 0 Å². The van der Waals surface area contributed by atoms with Gasteiger partial charge in [0, 0.05) is 12.1 Å². The minimum atomic E-state index is 0.0288. The van der Waals surface area contributed by atoms with Crippen LogP contribution in [0.4, 0.5) is 16.6 Å². The van der Waals surface area contributed by atoms with Crippen molar-refractivity contribution in [3.05, 3.63) is 35.2 Å². The Morgan fingerprint density at radius 3 is 2.76 bits per heavy atom. The van der Waals surface area contributed by atoms with E-state index in [1.807, 2.05) is 37.3 Å². The molecule has 0 amide bonds. The number of thiazole rings is 1. The second-order valence-corrected chi connectivity index (χ2v) is 4.50. The van der Waals surface area contributed by atoms with E-state index >= 15 is 0 Å². The maximum absolute atomic E-state index is 11.6. The number of Topliss-reactive ketones (excluding diaryl/α,β-unsaturated/α-hetero) is 1. The molecule has 4 nitrogen and oxygen atoms in total. The van der Waals surface area contributed by atoms with Gasteiger partial charge in [-0.25, -0.2) is 4.98 Å². The van der Waals surface area contributed by atoms with Gasteiger partial charge in [-0.05, 0) is 12.1 Å². The van der Waals surface area contributed by atoms with Crippen LogP contribution in [0, 0.1) is 0 Å². The van der Waals surface area contributed by atoms with Gasteiger partial charge in [0.2, 0.25) is 0 Å². The average molecular weight is 247 g/mol. The lowest BCUT2D eigenvalue weighted by molar-refractivity contribution is 0.0992. The smallest absolute Gasteiger partial charge is 0.189 e. The summed E-state index contributed by atoms with van der Waals surface area (Å²) in [6, 6.07) is 9.65. The minimum absolute atomic E-state index is 0.0288. The van der Waals surface area contributed by atoms with Gasteiger partial charge in [-0.2, -0.15) is 0 Å². The summed E-state index contributed by atoms with van der Waals surface area (Å²) in [7, 11) is 0. The quantitative estimate of drug-likeness (QED) is 0.815. The molecule has 3 N–H and O–H groups in total. The van der Waals surface area contributed by atoms with Crippen molar-refractivity contribution in [2.75, 3.05) is 11.1 Å². The number of carbonyl (C=O) groups is 1. The Bertz CT molecular complexity index is 522. The van der Waals surface area contributed by atoms with Crippen molar-refractivity contribution in [3.8, 4) is 0 Å². The van der Waals surface area contributed by atoms with E-state index in [-0.39, 0.29) is 5.78 Å². The standard InChI is InChI=1S/C12H13N3OS/c1-2-9(16)10-11(13)15-12(17-10)14-8-6-4-3-5-7-8/h3-7H,2,13H2,1H3,(H,14,15). The SMILES string of the molecule is CCC(=O)c1sc(Nc2ccccc2)nc1N. The Balaban J connectivity index is 2.21. The fraction of sp³-hybridized carbons (Fsp3) is 0.167. The number of rotatable bonds is 4. The minimum Gasteiger partial charge on any atom is -0.382 e. The van der Waals surface area contributed by atoms with Crippen LogP contribution in [-0.2, 0) is 0 Å². The lowest BCUT2D eigenvalue weighted by Gasteiger charge is -2.00. The van der Waals surface area contributed by atoms with Crippen molar-refractivity contribution in [3.63, 3.8) is 0 Å². The highest BCUT2D eigenvalue weighted by molar-refractivity contribution is 7.18. The number of hydrogen-bond donors (Lipinski definition) is 2. The lowest BCUT2D eigenvalue weighted by Crippen LogP contribution is -1.98. The summed E-state index contributed by atoms with van der Waals surface area (Å²) in [6.07, 6.45) is 0.442. The molecule has 5 heteroatoms. The summed E-state index contributed by atoms with van der Waals surface area (Å²) < 4.78 is 0. The zero-order valence-electron chi connectivity index (χ0n) is 9.43. The van der Waals surface area contributed by atoms with E-state index in [0.29, 0.717) is 22.2 Å². The monoisotopic (exact) mass is 247 g/mol. The van der Waals surface area contributed by atoms with Crippen LogP contribution in [0.3, 0.4) is 0 Å². The molecule has 0 fully saturated rings. The summed E-state index contributed by atoms with van der Waals surface area (Å²) in [4.78, 5) is 16.2. The Labute approximate surface area is 103 Å². The van der Waals surface area contributed by atoms with E-state index in [9.17, 15) is 4.79 Å². The highest BCUT2D eigenvalue weighted by atomic mass is 32.1. The summed E-state index contributed by atoms with van der Waals surface area (Å²) >= 11 is 1.29. The van der Waals surface area contributed by atoms with E-state index in [1.54, 1.807) is 0 Å². The molecule has 0 spiro atoms. The number of para-hydroxylation sites is 1.